The van der Waals surface area contributed by atoms with E-state index in [1.54, 1.807) is 27.6 Å². The van der Waals surface area contributed by atoms with Crippen molar-refractivity contribution in [3.05, 3.63) is 71.3 Å². The highest BCUT2D eigenvalue weighted by Gasteiger charge is 2.15. The molecule has 0 amide bonds. The molecule has 0 aliphatic carbocycles. The van der Waals surface area contributed by atoms with Crippen LogP contribution in [0.5, 0.6) is 0 Å². The molecule has 5 rings (SSSR count). The molecule has 8 heteroatoms. The molecular formula is C23H21N7O. The molecule has 0 unspecified atom stereocenters. The molecule has 0 fully saturated rings. The number of aryl methyl sites for hydroxylation is 1. The molecule has 1 aromatic carbocycles. The van der Waals surface area contributed by atoms with Crippen LogP contribution < -0.4 is 16.6 Å². The molecule has 0 spiro atoms. The van der Waals surface area contributed by atoms with E-state index < -0.39 is 0 Å². The first-order chi connectivity index (χ1) is 15.0. The lowest BCUT2D eigenvalue weighted by atomic mass is 10.0. The summed E-state index contributed by atoms with van der Waals surface area (Å²) in [7, 11) is 1.88. The van der Waals surface area contributed by atoms with Gasteiger partial charge in [0.25, 0.3) is 5.56 Å². The van der Waals surface area contributed by atoms with Gasteiger partial charge in [-0.3, -0.25) is 14.0 Å². The first-order valence-electron chi connectivity index (χ1n) is 10.00. The highest BCUT2D eigenvalue weighted by Crippen LogP contribution is 2.26. The number of fused-ring (bicyclic) bond motifs is 2. The molecule has 0 saturated carbocycles. The Kier molecular flexibility index (Phi) is 4.39. The number of nitrogens with two attached hydrogens (primary N) is 1. The van der Waals surface area contributed by atoms with Crippen LogP contribution in [-0.4, -0.2) is 30.9 Å². The van der Waals surface area contributed by atoms with E-state index in [9.17, 15) is 4.79 Å². The van der Waals surface area contributed by atoms with Crippen LogP contribution in [0.2, 0.25) is 0 Å². The summed E-state index contributed by atoms with van der Waals surface area (Å²) in [4.78, 5) is 22.6. The molecule has 0 atom stereocenters. The fourth-order valence-corrected chi connectivity index (χ4v) is 3.76. The Hall–Kier alpha value is -4.20. The lowest BCUT2D eigenvalue weighted by Gasteiger charge is -2.14. The van der Waals surface area contributed by atoms with Crippen molar-refractivity contribution in [3.8, 4) is 16.8 Å². The molecule has 5 aromatic rings. The second-order valence-corrected chi connectivity index (χ2v) is 7.36. The van der Waals surface area contributed by atoms with Gasteiger partial charge in [0.2, 0.25) is 0 Å². The van der Waals surface area contributed by atoms with Crippen LogP contribution in [0.1, 0.15) is 6.92 Å². The van der Waals surface area contributed by atoms with Crippen LogP contribution in [0.4, 0.5) is 11.6 Å². The van der Waals surface area contributed by atoms with Crippen LogP contribution >= 0.6 is 0 Å². The summed E-state index contributed by atoms with van der Waals surface area (Å²) in [5.74, 6) is 1.09. The number of nitrogens with zero attached hydrogens (tertiary/aromatic N) is 5. The van der Waals surface area contributed by atoms with E-state index in [-0.39, 0.29) is 5.56 Å². The first-order valence-corrected chi connectivity index (χ1v) is 10.00. The van der Waals surface area contributed by atoms with E-state index in [4.69, 9.17) is 10.7 Å². The number of nitrogens with one attached hydrogen (secondary N) is 1. The van der Waals surface area contributed by atoms with Gasteiger partial charge < -0.3 is 11.1 Å². The fourth-order valence-electron chi connectivity index (χ4n) is 3.76. The summed E-state index contributed by atoms with van der Waals surface area (Å²) < 4.78 is 3.35. The van der Waals surface area contributed by atoms with E-state index in [2.05, 4.69) is 15.4 Å². The second kappa shape index (κ2) is 7.24. The molecule has 8 nitrogen and oxygen atoms in total. The van der Waals surface area contributed by atoms with Crippen molar-refractivity contribution in [1.29, 1.82) is 0 Å². The van der Waals surface area contributed by atoms with Gasteiger partial charge in [-0.05, 0) is 55.0 Å². The number of rotatable bonds is 4. The molecule has 0 radical (unpaired) electrons. The summed E-state index contributed by atoms with van der Waals surface area (Å²) in [5.41, 5.74) is 9.03. The highest BCUT2D eigenvalue weighted by atomic mass is 16.1. The largest absolute Gasteiger partial charge is 0.384 e. The van der Waals surface area contributed by atoms with Gasteiger partial charge in [-0.2, -0.15) is 5.10 Å². The number of anilines is 2. The number of hydrogen-bond donors (Lipinski definition) is 2. The molecular weight excluding hydrogens is 390 g/mol. The average Bonchev–Trinajstić information content (AvgIpc) is 3.14. The smallest absolute Gasteiger partial charge is 0.264 e. The first kappa shape index (κ1) is 18.8. The molecule has 4 aromatic heterocycles. The maximum atomic E-state index is 13.7. The van der Waals surface area contributed by atoms with Crippen molar-refractivity contribution in [1.82, 2.24) is 24.3 Å². The Morgan fingerprint density at radius 3 is 2.71 bits per heavy atom. The third-order valence-corrected chi connectivity index (χ3v) is 5.17. The molecule has 4 heterocycles. The Morgan fingerprint density at radius 2 is 1.94 bits per heavy atom. The van der Waals surface area contributed by atoms with E-state index in [0.717, 1.165) is 28.4 Å². The number of pyridine rings is 3. The lowest BCUT2D eigenvalue weighted by molar-refractivity contribution is 0.780. The Balaban J connectivity index is 1.81. The molecule has 3 N–H and O–H groups in total. The third-order valence-electron chi connectivity index (χ3n) is 5.17. The van der Waals surface area contributed by atoms with Crippen molar-refractivity contribution < 1.29 is 0 Å². The molecule has 0 bridgehead atoms. The lowest BCUT2D eigenvalue weighted by Crippen LogP contribution is -2.22. The fraction of sp³-hybridized carbons (Fsp3) is 0.130. The molecule has 154 valence electrons. The van der Waals surface area contributed by atoms with Gasteiger partial charge in [-0.25, -0.2) is 9.97 Å². The van der Waals surface area contributed by atoms with Crippen LogP contribution in [-0.2, 0) is 7.05 Å². The maximum absolute atomic E-state index is 13.7. The van der Waals surface area contributed by atoms with E-state index >= 15 is 0 Å². The van der Waals surface area contributed by atoms with Crippen molar-refractivity contribution in [2.75, 3.05) is 17.6 Å². The van der Waals surface area contributed by atoms with Crippen LogP contribution in [0.25, 0.3) is 38.8 Å². The summed E-state index contributed by atoms with van der Waals surface area (Å²) in [5, 5.41) is 9.44. The van der Waals surface area contributed by atoms with Crippen molar-refractivity contribution >= 4 is 33.6 Å². The maximum Gasteiger partial charge on any atom is 0.264 e. The quantitative estimate of drug-likeness (QED) is 0.470. The monoisotopic (exact) mass is 411 g/mol. The van der Waals surface area contributed by atoms with Crippen molar-refractivity contribution in [2.45, 2.75) is 6.92 Å². The van der Waals surface area contributed by atoms with Crippen molar-refractivity contribution in [2.24, 2.45) is 7.05 Å². The van der Waals surface area contributed by atoms with Gasteiger partial charge in [-0.1, -0.05) is 6.07 Å². The second-order valence-electron chi connectivity index (χ2n) is 7.36. The Labute approximate surface area is 178 Å². The van der Waals surface area contributed by atoms with Gasteiger partial charge in [-0.15, -0.1) is 0 Å². The zero-order valence-electron chi connectivity index (χ0n) is 17.2. The Morgan fingerprint density at radius 1 is 1.06 bits per heavy atom. The predicted molar refractivity (Wildman–Crippen MR) is 123 cm³/mol. The third kappa shape index (κ3) is 3.28. The predicted octanol–water partition coefficient (Wildman–Crippen LogP) is 3.35. The Bertz CT molecular complexity index is 1480. The van der Waals surface area contributed by atoms with Crippen LogP contribution in [0.15, 0.2) is 65.7 Å². The van der Waals surface area contributed by atoms with E-state index in [1.807, 2.05) is 56.6 Å². The molecule has 0 aliphatic heterocycles. The van der Waals surface area contributed by atoms with Crippen LogP contribution in [0, 0.1) is 0 Å². The summed E-state index contributed by atoms with van der Waals surface area (Å²) in [6, 6.07) is 15.0. The number of nitrogen functional groups attached to an aromatic ring is 1. The highest BCUT2D eigenvalue weighted by molar-refractivity contribution is 5.88. The van der Waals surface area contributed by atoms with Gasteiger partial charge in [0.05, 0.1) is 17.4 Å². The summed E-state index contributed by atoms with van der Waals surface area (Å²) in [6.45, 7) is 2.73. The number of benzene rings is 1. The number of hydrogen-bond acceptors (Lipinski definition) is 6. The van der Waals surface area contributed by atoms with Gasteiger partial charge in [0.15, 0.2) is 0 Å². The zero-order chi connectivity index (χ0) is 21.5. The van der Waals surface area contributed by atoms with Crippen LogP contribution in [0.3, 0.4) is 0 Å². The van der Waals surface area contributed by atoms with Crippen molar-refractivity contribution in [3.63, 3.8) is 0 Å². The number of aromatic nitrogens is 5. The minimum absolute atomic E-state index is 0.177. The molecule has 0 aliphatic rings. The van der Waals surface area contributed by atoms with E-state index in [1.165, 1.54) is 0 Å². The SMILES string of the molecule is CCNc1ccc2cc(-c3ccc4nn(C)cc4c3)c(=O)n(-c3ccc(N)nc3)c2n1. The van der Waals surface area contributed by atoms with E-state index in [0.29, 0.717) is 28.5 Å². The minimum Gasteiger partial charge on any atom is -0.384 e. The molecule has 0 saturated heterocycles. The average molecular weight is 411 g/mol. The topological polar surface area (TPSA) is 104 Å². The van der Waals surface area contributed by atoms with Gasteiger partial charge in [0, 0.05) is 36.1 Å². The molecule has 31 heavy (non-hydrogen) atoms. The normalized spacial score (nSPS) is 11.3. The van der Waals surface area contributed by atoms with Gasteiger partial charge in [0.1, 0.15) is 17.3 Å². The summed E-state index contributed by atoms with van der Waals surface area (Å²) in [6.07, 6.45) is 3.53. The standard InChI is InChI=1S/C23H21N7O/c1-3-25-21-9-5-15-11-18(14-4-7-19-16(10-14)13-29(2)28-19)23(31)30(22(15)27-21)17-6-8-20(24)26-12-17/h4-13H,3H2,1-2H3,(H2,24,26)(H,25,27). The zero-order valence-corrected chi connectivity index (χ0v) is 17.2. The summed E-state index contributed by atoms with van der Waals surface area (Å²) >= 11 is 0. The minimum atomic E-state index is -0.177. The van der Waals surface area contributed by atoms with Gasteiger partial charge >= 0.3 is 0 Å².